The minimum absolute atomic E-state index is 0.0788. The van der Waals surface area contributed by atoms with Crippen molar-refractivity contribution in [2.75, 3.05) is 0 Å². The molecular weight excluding hydrogens is 360 g/mol. The lowest BCUT2D eigenvalue weighted by Gasteiger charge is -2.15. The second-order valence-electron chi connectivity index (χ2n) is 6.78. The molecule has 3 aromatic heterocycles. The van der Waals surface area contributed by atoms with Crippen molar-refractivity contribution in [3.8, 4) is 5.95 Å². The van der Waals surface area contributed by atoms with Gasteiger partial charge in [-0.2, -0.15) is 10.1 Å². The average Bonchev–Trinajstić information content (AvgIpc) is 3.20. The molecule has 9 nitrogen and oxygen atoms in total. The predicted molar refractivity (Wildman–Crippen MR) is 104 cm³/mol. The van der Waals surface area contributed by atoms with Crippen molar-refractivity contribution in [2.45, 2.75) is 26.5 Å². The van der Waals surface area contributed by atoms with E-state index in [1.165, 1.54) is 11.6 Å². The van der Waals surface area contributed by atoms with E-state index in [2.05, 4.69) is 15.1 Å². The van der Waals surface area contributed by atoms with Crippen molar-refractivity contribution in [1.82, 2.24) is 28.9 Å². The molecule has 0 aliphatic heterocycles. The van der Waals surface area contributed by atoms with Gasteiger partial charge < -0.3 is 5.11 Å². The molecule has 0 spiro atoms. The van der Waals surface area contributed by atoms with Crippen molar-refractivity contribution in [2.24, 2.45) is 7.05 Å². The number of aryl methyl sites for hydroxylation is 3. The highest BCUT2D eigenvalue weighted by molar-refractivity contribution is 5.72. The second-order valence-corrected chi connectivity index (χ2v) is 6.78. The number of hydrogen-bond acceptors (Lipinski definition) is 5. The maximum absolute atomic E-state index is 12.6. The summed E-state index contributed by atoms with van der Waals surface area (Å²) in [5.41, 5.74) is 1.66. The Hall–Kier alpha value is -3.46. The van der Waals surface area contributed by atoms with Gasteiger partial charge in [0.15, 0.2) is 11.2 Å². The van der Waals surface area contributed by atoms with E-state index in [1.807, 2.05) is 50.2 Å². The highest BCUT2D eigenvalue weighted by Gasteiger charge is 2.22. The largest absolute Gasteiger partial charge is 0.387 e. The van der Waals surface area contributed by atoms with Gasteiger partial charge in [-0.15, -0.1) is 0 Å². The van der Waals surface area contributed by atoms with E-state index >= 15 is 0 Å². The van der Waals surface area contributed by atoms with Crippen molar-refractivity contribution in [3.05, 3.63) is 74.2 Å². The number of nitrogens with zero attached hydrogens (tertiary/aromatic N) is 5. The molecule has 0 aliphatic carbocycles. The molecule has 0 radical (unpaired) electrons. The monoisotopic (exact) mass is 380 g/mol. The number of aromatic nitrogens is 6. The molecule has 0 saturated heterocycles. The minimum Gasteiger partial charge on any atom is -0.387 e. The van der Waals surface area contributed by atoms with Gasteiger partial charge in [0.05, 0.1) is 18.3 Å². The maximum atomic E-state index is 12.6. The van der Waals surface area contributed by atoms with Gasteiger partial charge >= 0.3 is 5.69 Å². The summed E-state index contributed by atoms with van der Waals surface area (Å²) >= 11 is 0. The highest BCUT2D eigenvalue weighted by atomic mass is 16.3. The molecule has 1 atom stereocenters. The first kappa shape index (κ1) is 17.9. The predicted octanol–water partition coefficient (Wildman–Crippen LogP) is 0.959. The van der Waals surface area contributed by atoms with Crippen molar-refractivity contribution >= 4 is 11.2 Å². The quantitative estimate of drug-likeness (QED) is 0.548. The first-order chi connectivity index (χ1) is 13.4. The fourth-order valence-corrected chi connectivity index (χ4v) is 3.34. The molecule has 0 amide bonds. The summed E-state index contributed by atoms with van der Waals surface area (Å²) < 4.78 is 4.49. The van der Waals surface area contributed by atoms with Crippen LogP contribution >= 0.6 is 0 Å². The topological polar surface area (TPSA) is 111 Å². The number of aromatic amines is 1. The lowest BCUT2D eigenvalue weighted by Crippen LogP contribution is -2.29. The Balaban J connectivity index is 1.98. The van der Waals surface area contributed by atoms with Crippen molar-refractivity contribution < 1.29 is 5.11 Å². The van der Waals surface area contributed by atoms with E-state index in [0.29, 0.717) is 11.5 Å². The minimum atomic E-state index is -0.869. The highest BCUT2D eigenvalue weighted by Crippen LogP contribution is 2.22. The van der Waals surface area contributed by atoms with E-state index in [1.54, 1.807) is 9.25 Å². The van der Waals surface area contributed by atoms with Crippen LogP contribution in [0.2, 0.25) is 0 Å². The van der Waals surface area contributed by atoms with Gasteiger partial charge in [-0.05, 0) is 25.5 Å². The third kappa shape index (κ3) is 2.85. The Morgan fingerprint density at radius 1 is 1.18 bits per heavy atom. The summed E-state index contributed by atoms with van der Waals surface area (Å²) in [6.45, 7) is 3.81. The van der Waals surface area contributed by atoms with Gasteiger partial charge in [0.2, 0.25) is 5.95 Å². The van der Waals surface area contributed by atoms with Crippen molar-refractivity contribution in [3.63, 3.8) is 0 Å². The first-order valence-electron chi connectivity index (χ1n) is 8.83. The Morgan fingerprint density at radius 2 is 1.89 bits per heavy atom. The summed E-state index contributed by atoms with van der Waals surface area (Å²) in [5, 5.41) is 15.2. The van der Waals surface area contributed by atoms with Crippen LogP contribution in [0.15, 0.2) is 46.0 Å². The van der Waals surface area contributed by atoms with Gasteiger partial charge in [-0.3, -0.25) is 18.9 Å². The standard InChI is InChI=1S/C19H20N6O3/c1-11-9-12(2)25(22-11)18-20-16-15(17(27)21-19(28)23(16)3)24(18)10-14(26)13-7-5-4-6-8-13/h4-9,14,26H,10H2,1-3H3,(H,21,27,28)/t14-/m1/s1. The van der Waals surface area contributed by atoms with Gasteiger partial charge in [0, 0.05) is 12.7 Å². The molecule has 144 valence electrons. The molecule has 1 aromatic carbocycles. The fourth-order valence-electron chi connectivity index (χ4n) is 3.34. The molecule has 0 saturated carbocycles. The number of benzene rings is 1. The molecule has 4 rings (SSSR count). The third-order valence-electron chi connectivity index (χ3n) is 4.73. The number of nitrogens with one attached hydrogen (secondary N) is 1. The number of rotatable bonds is 4. The van der Waals surface area contributed by atoms with Crippen LogP contribution in [0.5, 0.6) is 0 Å². The Morgan fingerprint density at radius 3 is 2.54 bits per heavy atom. The van der Waals surface area contributed by atoms with Crippen LogP contribution in [0.4, 0.5) is 0 Å². The fraction of sp³-hybridized carbons (Fsp3) is 0.263. The summed E-state index contributed by atoms with van der Waals surface area (Å²) in [7, 11) is 1.54. The Labute approximate surface area is 159 Å². The molecule has 0 fully saturated rings. The molecule has 0 unspecified atom stereocenters. The van der Waals surface area contributed by atoms with Gasteiger partial charge in [-0.1, -0.05) is 30.3 Å². The number of hydrogen-bond donors (Lipinski definition) is 2. The summed E-state index contributed by atoms with van der Waals surface area (Å²) in [5.74, 6) is 0.363. The van der Waals surface area contributed by atoms with E-state index in [4.69, 9.17) is 0 Å². The van der Waals surface area contributed by atoms with Gasteiger partial charge in [0.25, 0.3) is 5.56 Å². The molecule has 0 bridgehead atoms. The Bertz CT molecular complexity index is 1280. The number of imidazole rings is 1. The molecule has 9 heteroatoms. The van der Waals surface area contributed by atoms with Crippen LogP contribution in [-0.2, 0) is 13.6 Å². The summed E-state index contributed by atoms with van der Waals surface area (Å²) in [4.78, 5) is 31.4. The third-order valence-corrected chi connectivity index (χ3v) is 4.73. The Kier molecular flexibility index (Phi) is 4.23. The van der Waals surface area contributed by atoms with Gasteiger partial charge in [-0.25, -0.2) is 9.48 Å². The maximum Gasteiger partial charge on any atom is 0.329 e. The van der Waals surface area contributed by atoms with E-state index < -0.39 is 17.4 Å². The number of aliphatic hydroxyl groups is 1. The SMILES string of the molecule is Cc1cc(C)n(-c2nc3c(c(=O)[nH]c(=O)n3C)n2C[C@@H](O)c2ccccc2)n1. The lowest BCUT2D eigenvalue weighted by atomic mass is 10.1. The molecule has 4 aromatic rings. The zero-order valence-electron chi connectivity index (χ0n) is 15.7. The number of fused-ring (bicyclic) bond motifs is 1. The second kappa shape index (κ2) is 6.61. The van der Waals surface area contributed by atoms with E-state index in [0.717, 1.165) is 11.4 Å². The zero-order valence-corrected chi connectivity index (χ0v) is 15.7. The molecule has 3 heterocycles. The molecule has 28 heavy (non-hydrogen) atoms. The van der Waals surface area contributed by atoms with Gasteiger partial charge in [0.1, 0.15) is 0 Å². The smallest absolute Gasteiger partial charge is 0.329 e. The molecule has 2 N–H and O–H groups in total. The van der Waals surface area contributed by atoms with Crippen LogP contribution in [0.3, 0.4) is 0 Å². The molecular formula is C19H20N6O3. The lowest BCUT2D eigenvalue weighted by molar-refractivity contribution is 0.157. The summed E-state index contributed by atoms with van der Waals surface area (Å²) in [6, 6.07) is 11.1. The van der Waals surface area contributed by atoms with Crippen molar-refractivity contribution in [1.29, 1.82) is 0 Å². The number of aliphatic hydroxyl groups excluding tert-OH is 1. The normalized spacial score (nSPS) is 12.6. The average molecular weight is 380 g/mol. The van der Waals surface area contributed by atoms with E-state index in [9.17, 15) is 14.7 Å². The van der Waals surface area contributed by atoms with Crippen LogP contribution in [-0.4, -0.2) is 34.0 Å². The van der Waals surface area contributed by atoms with E-state index in [-0.39, 0.29) is 17.7 Å². The summed E-state index contributed by atoms with van der Waals surface area (Å²) in [6.07, 6.45) is -0.869. The van der Waals surface area contributed by atoms with Crippen LogP contribution < -0.4 is 11.2 Å². The van der Waals surface area contributed by atoms with Crippen LogP contribution in [0.1, 0.15) is 23.1 Å². The first-order valence-corrected chi connectivity index (χ1v) is 8.83. The number of H-pyrrole nitrogens is 1. The molecule has 0 aliphatic rings. The zero-order chi connectivity index (χ0) is 20.0. The van der Waals surface area contributed by atoms with Crippen LogP contribution in [0, 0.1) is 13.8 Å². The van der Waals surface area contributed by atoms with Crippen LogP contribution in [0.25, 0.3) is 17.1 Å².